The summed E-state index contributed by atoms with van der Waals surface area (Å²) >= 11 is 0. The second-order valence-corrected chi connectivity index (χ2v) is 5.22. The minimum absolute atomic E-state index is 0.120. The van der Waals surface area contributed by atoms with Gasteiger partial charge in [0.25, 0.3) is 5.91 Å². The van der Waals surface area contributed by atoms with Crippen molar-refractivity contribution in [2.45, 2.75) is 6.92 Å². The number of guanidine groups is 1. The van der Waals surface area contributed by atoms with Crippen molar-refractivity contribution in [2.24, 2.45) is 10.7 Å². The van der Waals surface area contributed by atoms with Crippen molar-refractivity contribution in [3.05, 3.63) is 59.7 Å². The van der Waals surface area contributed by atoms with E-state index in [1.165, 1.54) is 0 Å². The number of hydrogen-bond acceptors (Lipinski definition) is 3. The fourth-order valence-electron chi connectivity index (χ4n) is 2.16. The Morgan fingerprint density at radius 2 is 2.00 bits per heavy atom. The molecule has 0 fully saturated rings. The molecule has 6 nitrogen and oxygen atoms in total. The normalized spacial score (nSPS) is 11.0. The Morgan fingerprint density at radius 3 is 2.75 bits per heavy atom. The van der Waals surface area contributed by atoms with Crippen LogP contribution in [0.2, 0.25) is 0 Å². The van der Waals surface area contributed by atoms with E-state index in [1.54, 1.807) is 13.2 Å². The van der Waals surface area contributed by atoms with Gasteiger partial charge in [-0.2, -0.15) is 0 Å². The zero-order valence-electron chi connectivity index (χ0n) is 13.9. The van der Waals surface area contributed by atoms with E-state index in [-0.39, 0.29) is 11.9 Å². The number of hydrogen-bond donors (Lipinski definition) is 3. The molecule has 0 aliphatic rings. The van der Waals surface area contributed by atoms with Gasteiger partial charge in [-0.25, -0.2) is 0 Å². The van der Waals surface area contributed by atoms with Gasteiger partial charge in [-0.1, -0.05) is 29.8 Å². The quantitative estimate of drug-likeness (QED) is 0.431. The van der Waals surface area contributed by atoms with Gasteiger partial charge in [0.15, 0.2) is 5.96 Å². The molecule has 4 N–H and O–H groups in total. The number of carbonyl (C=O) groups is 1. The predicted molar refractivity (Wildman–Crippen MR) is 96.6 cm³/mol. The number of ether oxygens (including phenoxy) is 1. The van der Waals surface area contributed by atoms with Gasteiger partial charge in [0, 0.05) is 12.1 Å². The molecule has 6 heteroatoms. The Bertz CT molecular complexity index is 728. The van der Waals surface area contributed by atoms with Crippen LogP contribution in [0.5, 0.6) is 5.75 Å². The summed E-state index contributed by atoms with van der Waals surface area (Å²) in [7, 11) is 1.59. The molecule has 2 aromatic carbocycles. The fraction of sp³-hybridized carbons (Fsp3) is 0.222. The molecular formula is C18H22N4O2. The number of aliphatic imine (C=N–C) groups is 1. The number of methoxy groups -OCH3 is 1. The summed E-state index contributed by atoms with van der Waals surface area (Å²) < 4.78 is 5.23. The third kappa shape index (κ3) is 5.01. The Balaban J connectivity index is 1.82. The van der Waals surface area contributed by atoms with Crippen LogP contribution in [0.25, 0.3) is 0 Å². The molecule has 0 saturated carbocycles. The summed E-state index contributed by atoms with van der Waals surface area (Å²) in [5.74, 6) is 0.831. The van der Waals surface area contributed by atoms with Crippen LogP contribution in [0.4, 0.5) is 5.69 Å². The zero-order valence-corrected chi connectivity index (χ0v) is 13.9. The number of nitrogens with two attached hydrogens (primary N) is 1. The van der Waals surface area contributed by atoms with E-state index in [9.17, 15) is 4.79 Å². The minimum Gasteiger partial charge on any atom is -0.495 e. The van der Waals surface area contributed by atoms with Crippen LogP contribution in [0.15, 0.2) is 53.5 Å². The smallest absolute Gasteiger partial charge is 0.251 e. The first-order chi connectivity index (χ1) is 11.6. The van der Waals surface area contributed by atoms with E-state index in [1.807, 2.05) is 49.4 Å². The summed E-state index contributed by atoms with van der Waals surface area (Å²) in [6.07, 6.45) is 0. The molecular weight excluding hydrogens is 304 g/mol. The average Bonchev–Trinajstić information content (AvgIpc) is 2.59. The Hall–Kier alpha value is -3.02. The molecule has 2 aromatic rings. The molecule has 0 aromatic heterocycles. The van der Waals surface area contributed by atoms with Gasteiger partial charge < -0.3 is 21.1 Å². The lowest BCUT2D eigenvalue weighted by Crippen LogP contribution is -2.28. The van der Waals surface area contributed by atoms with E-state index < -0.39 is 0 Å². The molecule has 24 heavy (non-hydrogen) atoms. The molecule has 0 radical (unpaired) electrons. The van der Waals surface area contributed by atoms with Crippen molar-refractivity contribution in [1.82, 2.24) is 5.32 Å². The van der Waals surface area contributed by atoms with Crippen LogP contribution in [0.1, 0.15) is 15.9 Å². The number of carbonyl (C=O) groups excluding carboxylic acids is 1. The largest absolute Gasteiger partial charge is 0.495 e. The lowest BCUT2D eigenvalue weighted by molar-refractivity contribution is 0.0954. The van der Waals surface area contributed by atoms with Gasteiger partial charge in [-0.15, -0.1) is 0 Å². The summed E-state index contributed by atoms with van der Waals surface area (Å²) in [5.41, 5.74) is 8.27. The molecule has 2 rings (SSSR count). The lowest BCUT2D eigenvalue weighted by atomic mass is 10.1. The van der Waals surface area contributed by atoms with Crippen molar-refractivity contribution in [3.8, 4) is 5.75 Å². The lowest BCUT2D eigenvalue weighted by Gasteiger charge is -2.10. The maximum Gasteiger partial charge on any atom is 0.251 e. The molecule has 0 atom stereocenters. The number of nitrogens with one attached hydrogen (secondary N) is 2. The standard InChI is InChI=1S/C18H22N4O2/c1-13-6-5-7-14(12-13)17(23)20-10-11-21-18(19)22-15-8-3-4-9-16(15)24-2/h3-9,12H,10-11H2,1-2H3,(H,20,23)(H3,19,21,22). The molecule has 0 spiro atoms. The molecule has 0 bridgehead atoms. The number of para-hydroxylation sites is 2. The Morgan fingerprint density at radius 1 is 1.21 bits per heavy atom. The molecule has 0 saturated heterocycles. The number of nitrogens with zero attached hydrogens (tertiary/aromatic N) is 1. The van der Waals surface area contributed by atoms with E-state index >= 15 is 0 Å². The van der Waals surface area contributed by atoms with Gasteiger partial charge in [0.1, 0.15) is 5.75 Å². The summed E-state index contributed by atoms with van der Waals surface area (Å²) in [4.78, 5) is 16.2. The first-order valence-corrected chi connectivity index (χ1v) is 7.65. The van der Waals surface area contributed by atoms with Crippen LogP contribution >= 0.6 is 0 Å². The van der Waals surface area contributed by atoms with Crippen molar-refractivity contribution in [2.75, 3.05) is 25.5 Å². The molecule has 0 aliphatic carbocycles. The topological polar surface area (TPSA) is 88.7 Å². The predicted octanol–water partition coefficient (Wildman–Crippen LogP) is 2.16. The zero-order chi connectivity index (χ0) is 17.4. The number of anilines is 1. The Labute approximate surface area is 141 Å². The van der Waals surface area contributed by atoms with Crippen LogP contribution in [-0.2, 0) is 0 Å². The van der Waals surface area contributed by atoms with Gasteiger partial charge in [0.2, 0.25) is 0 Å². The molecule has 1 amide bonds. The Kier molecular flexibility index (Phi) is 6.19. The van der Waals surface area contributed by atoms with Gasteiger partial charge in [-0.3, -0.25) is 9.79 Å². The van der Waals surface area contributed by atoms with Crippen molar-refractivity contribution in [1.29, 1.82) is 0 Å². The second kappa shape index (κ2) is 8.57. The van der Waals surface area contributed by atoms with Crippen LogP contribution in [0, 0.1) is 6.92 Å². The maximum absolute atomic E-state index is 12.0. The van der Waals surface area contributed by atoms with Crippen LogP contribution < -0.4 is 21.1 Å². The van der Waals surface area contributed by atoms with Crippen LogP contribution in [0.3, 0.4) is 0 Å². The highest BCUT2D eigenvalue weighted by molar-refractivity contribution is 5.95. The maximum atomic E-state index is 12.0. The van der Waals surface area contributed by atoms with Gasteiger partial charge >= 0.3 is 0 Å². The fourth-order valence-corrected chi connectivity index (χ4v) is 2.16. The first kappa shape index (κ1) is 17.3. The SMILES string of the molecule is COc1ccccc1NC(N)=NCCNC(=O)c1cccc(C)c1. The van der Waals surface area contributed by atoms with E-state index in [4.69, 9.17) is 10.5 Å². The van der Waals surface area contributed by atoms with E-state index in [0.717, 1.165) is 11.3 Å². The molecule has 0 unspecified atom stereocenters. The summed E-state index contributed by atoms with van der Waals surface area (Å²) in [6, 6.07) is 14.9. The van der Waals surface area contributed by atoms with Gasteiger partial charge in [-0.05, 0) is 31.2 Å². The monoisotopic (exact) mass is 326 g/mol. The first-order valence-electron chi connectivity index (χ1n) is 7.65. The summed E-state index contributed by atoms with van der Waals surface area (Å²) in [6.45, 7) is 2.73. The molecule has 0 aliphatic heterocycles. The highest BCUT2D eigenvalue weighted by Gasteiger charge is 2.05. The minimum atomic E-state index is -0.120. The molecule has 0 heterocycles. The number of aryl methyl sites for hydroxylation is 1. The highest BCUT2D eigenvalue weighted by Crippen LogP contribution is 2.22. The van der Waals surface area contributed by atoms with Crippen molar-refractivity contribution >= 4 is 17.6 Å². The summed E-state index contributed by atoms with van der Waals surface area (Å²) in [5, 5.41) is 5.79. The average molecular weight is 326 g/mol. The number of rotatable bonds is 6. The van der Waals surface area contributed by atoms with E-state index in [0.29, 0.717) is 24.4 Å². The van der Waals surface area contributed by atoms with E-state index in [2.05, 4.69) is 15.6 Å². The van der Waals surface area contributed by atoms with Crippen molar-refractivity contribution in [3.63, 3.8) is 0 Å². The van der Waals surface area contributed by atoms with Crippen LogP contribution in [-0.4, -0.2) is 32.1 Å². The number of amides is 1. The van der Waals surface area contributed by atoms with Crippen molar-refractivity contribution < 1.29 is 9.53 Å². The third-order valence-corrected chi connectivity index (χ3v) is 3.33. The second-order valence-electron chi connectivity index (χ2n) is 5.22. The molecule has 126 valence electrons. The highest BCUT2D eigenvalue weighted by atomic mass is 16.5. The van der Waals surface area contributed by atoms with Gasteiger partial charge in [0.05, 0.1) is 19.3 Å². The number of benzene rings is 2. The third-order valence-electron chi connectivity index (χ3n) is 3.33.